The highest BCUT2D eigenvalue weighted by Gasteiger charge is 2.28. The van der Waals surface area contributed by atoms with Crippen LogP contribution in [-0.2, 0) is 9.53 Å². The number of carbonyl (C=O) groups excluding carboxylic acids is 1. The highest BCUT2D eigenvalue weighted by molar-refractivity contribution is 5.73. The third kappa shape index (κ3) is 2.61. The topological polar surface area (TPSA) is 66.8 Å². The van der Waals surface area contributed by atoms with Gasteiger partial charge in [0.25, 0.3) is 0 Å². The first-order chi connectivity index (χ1) is 6.65. The molecule has 0 aromatic carbocycles. The summed E-state index contributed by atoms with van der Waals surface area (Å²) in [7, 11) is 0. The number of amides is 1. The molecule has 1 N–H and O–H groups in total. The molecule has 1 amide bonds. The second kappa shape index (κ2) is 4.83. The van der Waals surface area contributed by atoms with E-state index >= 15 is 0 Å². The zero-order valence-corrected chi connectivity index (χ0v) is 8.23. The van der Waals surface area contributed by atoms with E-state index in [4.69, 9.17) is 9.84 Å². The Hall–Kier alpha value is -1.26. The van der Waals surface area contributed by atoms with Crippen LogP contribution in [0.5, 0.6) is 0 Å². The van der Waals surface area contributed by atoms with Crippen molar-refractivity contribution in [3.8, 4) is 0 Å². The van der Waals surface area contributed by atoms with Gasteiger partial charge in [0.1, 0.15) is 0 Å². The van der Waals surface area contributed by atoms with Gasteiger partial charge in [-0.05, 0) is 19.8 Å². The van der Waals surface area contributed by atoms with Gasteiger partial charge in [-0.1, -0.05) is 0 Å². The second-order valence-electron chi connectivity index (χ2n) is 3.32. The van der Waals surface area contributed by atoms with E-state index in [0.29, 0.717) is 19.6 Å². The molecule has 1 aliphatic heterocycles. The van der Waals surface area contributed by atoms with Gasteiger partial charge in [0, 0.05) is 13.1 Å². The number of carboxylic acid groups (broad SMARTS) is 1. The Balaban J connectivity index is 2.47. The van der Waals surface area contributed by atoms with Crippen molar-refractivity contribution >= 4 is 12.1 Å². The highest BCUT2D eigenvalue weighted by Crippen LogP contribution is 2.17. The Morgan fingerprint density at radius 1 is 1.57 bits per heavy atom. The number of carbonyl (C=O) groups is 2. The quantitative estimate of drug-likeness (QED) is 0.722. The lowest BCUT2D eigenvalue weighted by Gasteiger charge is -2.29. The molecule has 0 saturated carbocycles. The lowest BCUT2D eigenvalue weighted by Crippen LogP contribution is -2.42. The Morgan fingerprint density at radius 3 is 2.86 bits per heavy atom. The SMILES string of the molecule is CCOC(=O)N1CCC[C@H](C(=O)O)C1. The fraction of sp³-hybridized carbons (Fsp3) is 0.778. The fourth-order valence-corrected chi connectivity index (χ4v) is 1.56. The number of piperidine rings is 1. The molecule has 1 atom stereocenters. The van der Waals surface area contributed by atoms with Crippen molar-refractivity contribution in [2.75, 3.05) is 19.7 Å². The predicted octanol–water partition coefficient (Wildman–Crippen LogP) is 0.940. The van der Waals surface area contributed by atoms with E-state index in [-0.39, 0.29) is 6.54 Å². The summed E-state index contributed by atoms with van der Waals surface area (Å²) >= 11 is 0. The van der Waals surface area contributed by atoms with E-state index in [1.54, 1.807) is 6.92 Å². The van der Waals surface area contributed by atoms with Crippen molar-refractivity contribution in [2.45, 2.75) is 19.8 Å². The number of hydrogen-bond acceptors (Lipinski definition) is 3. The number of likely N-dealkylation sites (tertiary alicyclic amines) is 1. The third-order valence-corrected chi connectivity index (χ3v) is 2.30. The smallest absolute Gasteiger partial charge is 0.409 e. The second-order valence-corrected chi connectivity index (χ2v) is 3.32. The highest BCUT2D eigenvalue weighted by atomic mass is 16.6. The van der Waals surface area contributed by atoms with Crippen LogP contribution in [0.4, 0.5) is 4.79 Å². The van der Waals surface area contributed by atoms with Crippen LogP contribution in [0.3, 0.4) is 0 Å². The molecule has 1 fully saturated rings. The summed E-state index contributed by atoms with van der Waals surface area (Å²) in [5.74, 6) is -1.27. The largest absolute Gasteiger partial charge is 0.481 e. The molecule has 1 heterocycles. The van der Waals surface area contributed by atoms with E-state index in [9.17, 15) is 9.59 Å². The maximum Gasteiger partial charge on any atom is 0.409 e. The van der Waals surface area contributed by atoms with Crippen LogP contribution in [0.15, 0.2) is 0 Å². The summed E-state index contributed by atoms with van der Waals surface area (Å²) < 4.78 is 4.80. The Labute approximate surface area is 82.6 Å². The molecule has 80 valence electrons. The molecule has 0 radical (unpaired) electrons. The molecule has 0 aromatic rings. The Kier molecular flexibility index (Phi) is 3.73. The first-order valence-corrected chi connectivity index (χ1v) is 4.79. The van der Waals surface area contributed by atoms with Crippen molar-refractivity contribution < 1.29 is 19.4 Å². The minimum Gasteiger partial charge on any atom is -0.481 e. The van der Waals surface area contributed by atoms with E-state index < -0.39 is 18.0 Å². The molecule has 0 unspecified atom stereocenters. The third-order valence-electron chi connectivity index (χ3n) is 2.30. The van der Waals surface area contributed by atoms with Crippen molar-refractivity contribution in [3.05, 3.63) is 0 Å². The molecule has 1 aliphatic rings. The van der Waals surface area contributed by atoms with Gasteiger partial charge in [-0.15, -0.1) is 0 Å². The average molecular weight is 201 g/mol. The number of rotatable bonds is 2. The summed E-state index contributed by atoms with van der Waals surface area (Å²) in [5, 5.41) is 8.79. The van der Waals surface area contributed by atoms with E-state index in [2.05, 4.69) is 0 Å². The number of nitrogens with zero attached hydrogens (tertiary/aromatic N) is 1. The molecule has 0 spiro atoms. The molecular weight excluding hydrogens is 186 g/mol. The molecule has 1 rings (SSSR count). The van der Waals surface area contributed by atoms with Crippen LogP contribution in [0.25, 0.3) is 0 Å². The van der Waals surface area contributed by atoms with E-state index in [1.165, 1.54) is 4.90 Å². The van der Waals surface area contributed by atoms with Gasteiger partial charge in [-0.25, -0.2) is 4.79 Å². The molecule has 5 nitrogen and oxygen atoms in total. The van der Waals surface area contributed by atoms with Crippen molar-refractivity contribution in [3.63, 3.8) is 0 Å². The van der Waals surface area contributed by atoms with Gasteiger partial charge in [0.2, 0.25) is 0 Å². The molecule has 5 heteroatoms. The number of aliphatic carboxylic acids is 1. The minimum absolute atomic E-state index is 0.272. The molecular formula is C9H15NO4. The lowest BCUT2D eigenvalue weighted by atomic mass is 9.99. The Bertz CT molecular complexity index is 229. The monoisotopic (exact) mass is 201 g/mol. The van der Waals surface area contributed by atoms with Gasteiger partial charge in [-0.2, -0.15) is 0 Å². The zero-order valence-electron chi connectivity index (χ0n) is 8.23. The molecule has 0 bridgehead atoms. The first kappa shape index (κ1) is 10.8. The van der Waals surface area contributed by atoms with Crippen LogP contribution in [0.1, 0.15) is 19.8 Å². The zero-order chi connectivity index (χ0) is 10.6. The van der Waals surface area contributed by atoms with Crippen LogP contribution in [-0.4, -0.2) is 41.8 Å². The molecule has 14 heavy (non-hydrogen) atoms. The normalized spacial score (nSPS) is 21.8. The van der Waals surface area contributed by atoms with E-state index in [1.807, 2.05) is 0 Å². The average Bonchev–Trinajstić information content (AvgIpc) is 2.18. The van der Waals surface area contributed by atoms with Gasteiger partial charge in [-0.3, -0.25) is 4.79 Å². The summed E-state index contributed by atoms with van der Waals surface area (Å²) in [6, 6.07) is 0. The molecule has 0 aliphatic carbocycles. The van der Waals surface area contributed by atoms with Crippen LogP contribution in [0, 0.1) is 5.92 Å². The maximum absolute atomic E-state index is 11.3. The number of carboxylic acids is 1. The van der Waals surface area contributed by atoms with Crippen LogP contribution >= 0.6 is 0 Å². The van der Waals surface area contributed by atoms with Crippen molar-refractivity contribution in [1.82, 2.24) is 4.90 Å². The van der Waals surface area contributed by atoms with Crippen LogP contribution < -0.4 is 0 Å². The van der Waals surface area contributed by atoms with Crippen LogP contribution in [0.2, 0.25) is 0 Å². The van der Waals surface area contributed by atoms with Gasteiger partial charge < -0.3 is 14.7 Å². The standard InChI is InChI=1S/C9H15NO4/c1-2-14-9(13)10-5-3-4-7(6-10)8(11)12/h7H,2-6H2,1H3,(H,11,12)/t7-/m0/s1. The van der Waals surface area contributed by atoms with E-state index in [0.717, 1.165) is 6.42 Å². The van der Waals surface area contributed by atoms with Gasteiger partial charge >= 0.3 is 12.1 Å². The summed E-state index contributed by atoms with van der Waals surface area (Å²) in [6.07, 6.45) is 0.972. The van der Waals surface area contributed by atoms with Gasteiger partial charge in [0.15, 0.2) is 0 Å². The molecule has 0 aromatic heterocycles. The molecule has 1 saturated heterocycles. The van der Waals surface area contributed by atoms with Gasteiger partial charge in [0.05, 0.1) is 12.5 Å². The minimum atomic E-state index is -0.834. The first-order valence-electron chi connectivity index (χ1n) is 4.79. The maximum atomic E-state index is 11.3. The number of hydrogen-bond donors (Lipinski definition) is 1. The number of ether oxygens (including phenoxy) is 1. The van der Waals surface area contributed by atoms with Crippen molar-refractivity contribution in [1.29, 1.82) is 0 Å². The fourth-order valence-electron chi connectivity index (χ4n) is 1.56. The predicted molar refractivity (Wildman–Crippen MR) is 49.0 cm³/mol. The summed E-state index contributed by atoms with van der Waals surface area (Å²) in [6.45, 7) is 2.93. The Morgan fingerprint density at radius 2 is 2.29 bits per heavy atom. The van der Waals surface area contributed by atoms with Crippen molar-refractivity contribution in [2.24, 2.45) is 5.92 Å². The summed E-state index contributed by atoms with van der Waals surface area (Å²) in [4.78, 5) is 23.4. The lowest BCUT2D eigenvalue weighted by molar-refractivity contribution is -0.143. The summed E-state index contributed by atoms with van der Waals surface area (Å²) in [5.41, 5.74) is 0.